The van der Waals surface area contributed by atoms with E-state index in [9.17, 15) is 9.90 Å². The second kappa shape index (κ2) is 9.97. The van der Waals surface area contributed by atoms with Crippen LogP contribution < -0.4 is 10.1 Å². The van der Waals surface area contributed by atoms with Crippen molar-refractivity contribution in [3.05, 3.63) is 28.9 Å². The van der Waals surface area contributed by atoms with Crippen molar-refractivity contribution in [2.45, 2.75) is 51.2 Å². The summed E-state index contributed by atoms with van der Waals surface area (Å²) in [4.78, 5) is 23.2. The van der Waals surface area contributed by atoms with Gasteiger partial charge in [0.05, 0.1) is 29.8 Å². The zero-order valence-corrected chi connectivity index (χ0v) is 19.3. The lowest BCUT2D eigenvalue weighted by Gasteiger charge is -2.34. The molecule has 2 N–H and O–H groups in total. The molecule has 0 spiro atoms. The van der Waals surface area contributed by atoms with E-state index in [0.717, 1.165) is 31.5 Å². The fourth-order valence-electron chi connectivity index (χ4n) is 3.83. The lowest BCUT2D eigenvalue weighted by molar-refractivity contribution is 0.0476. The number of carbonyl (C=O) groups is 1. The molecular weight excluding hydrogens is 420 g/mol. The molecule has 0 saturated carbocycles. The Kier molecular flexibility index (Phi) is 7.56. The molecule has 170 valence electrons. The Bertz CT molecular complexity index is 910. The van der Waals surface area contributed by atoms with Gasteiger partial charge < -0.3 is 24.8 Å². The number of aliphatic hydroxyl groups excluding tert-OH is 1. The number of alkyl carbamates (subject to hydrolysis) is 1. The minimum absolute atomic E-state index is 0.0617. The van der Waals surface area contributed by atoms with Gasteiger partial charge in [0, 0.05) is 49.4 Å². The van der Waals surface area contributed by atoms with E-state index in [-0.39, 0.29) is 24.7 Å². The summed E-state index contributed by atoms with van der Waals surface area (Å²) in [6.45, 7) is 7.72. The molecule has 31 heavy (non-hydrogen) atoms. The number of aromatic nitrogens is 2. The third kappa shape index (κ3) is 6.18. The summed E-state index contributed by atoms with van der Waals surface area (Å²) < 4.78 is 10.6. The third-order valence-corrected chi connectivity index (χ3v) is 5.60. The van der Waals surface area contributed by atoms with Gasteiger partial charge in [-0.05, 0) is 39.7 Å². The van der Waals surface area contributed by atoms with Crippen LogP contribution in [0.2, 0.25) is 5.02 Å². The first-order valence-corrected chi connectivity index (χ1v) is 10.9. The zero-order valence-electron chi connectivity index (χ0n) is 18.5. The lowest BCUT2D eigenvalue weighted by Crippen LogP contribution is -2.47. The molecule has 2 aromatic rings. The Morgan fingerprint density at radius 3 is 2.68 bits per heavy atom. The maximum Gasteiger partial charge on any atom is 0.407 e. The van der Waals surface area contributed by atoms with Crippen molar-refractivity contribution >= 4 is 28.7 Å². The molecule has 1 aliphatic rings. The van der Waals surface area contributed by atoms with Crippen LogP contribution in [0.3, 0.4) is 0 Å². The summed E-state index contributed by atoms with van der Waals surface area (Å²) in [5, 5.41) is 13.6. The van der Waals surface area contributed by atoms with Gasteiger partial charge in [-0.2, -0.15) is 0 Å². The van der Waals surface area contributed by atoms with Crippen molar-refractivity contribution in [1.82, 2.24) is 20.2 Å². The van der Waals surface area contributed by atoms with Crippen LogP contribution in [0.1, 0.15) is 45.1 Å². The van der Waals surface area contributed by atoms with Gasteiger partial charge in [0.2, 0.25) is 5.88 Å². The van der Waals surface area contributed by atoms with Crippen LogP contribution in [-0.4, -0.2) is 71.1 Å². The number of amides is 1. The minimum atomic E-state index is -0.511. The number of nitrogens with one attached hydrogen (secondary N) is 1. The monoisotopic (exact) mass is 450 g/mol. The van der Waals surface area contributed by atoms with Gasteiger partial charge in [-0.1, -0.05) is 11.6 Å². The molecule has 0 bridgehead atoms. The number of hydrogen-bond acceptors (Lipinski definition) is 7. The molecule has 1 aliphatic heterocycles. The van der Waals surface area contributed by atoms with Crippen LogP contribution in [0.5, 0.6) is 5.88 Å². The molecule has 9 heteroatoms. The van der Waals surface area contributed by atoms with Gasteiger partial charge in [0.1, 0.15) is 5.60 Å². The molecule has 0 aromatic carbocycles. The van der Waals surface area contributed by atoms with Gasteiger partial charge in [0.15, 0.2) is 0 Å². The van der Waals surface area contributed by atoms with E-state index < -0.39 is 5.60 Å². The van der Waals surface area contributed by atoms with Crippen LogP contribution in [0, 0.1) is 0 Å². The highest BCUT2D eigenvalue weighted by Gasteiger charge is 2.27. The molecule has 1 amide bonds. The van der Waals surface area contributed by atoms with Crippen LogP contribution in [0.25, 0.3) is 11.0 Å². The lowest BCUT2D eigenvalue weighted by atomic mass is 9.96. The Hall–Kier alpha value is -2.16. The van der Waals surface area contributed by atoms with Gasteiger partial charge in [0.25, 0.3) is 0 Å². The van der Waals surface area contributed by atoms with Crippen molar-refractivity contribution in [1.29, 1.82) is 0 Å². The van der Waals surface area contributed by atoms with Crippen LogP contribution in [-0.2, 0) is 4.74 Å². The maximum atomic E-state index is 12.0. The summed E-state index contributed by atoms with van der Waals surface area (Å²) in [7, 11) is 1.56. The maximum absolute atomic E-state index is 12.0. The van der Waals surface area contributed by atoms with Gasteiger partial charge in [-0.15, -0.1) is 0 Å². The van der Waals surface area contributed by atoms with E-state index in [1.165, 1.54) is 0 Å². The molecule has 1 fully saturated rings. The number of aliphatic hydroxyl groups is 1. The Labute approximate surface area is 187 Å². The number of ether oxygens (including phenoxy) is 2. The first kappa shape index (κ1) is 23.5. The average Bonchev–Trinajstić information content (AvgIpc) is 2.71. The highest BCUT2D eigenvalue weighted by molar-refractivity contribution is 6.32. The molecular formula is C22H31ClN4O4. The Morgan fingerprint density at radius 1 is 1.35 bits per heavy atom. The van der Waals surface area contributed by atoms with Crippen molar-refractivity contribution < 1.29 is 19.4 Å². The summed E-state index contributed by atoms with van der Waals surface area (Å²) >= 11 is 6.49. The Balaban J connectivity index is 1.66. The molecule has 0 radical (unpaired) electrons. The van der Waals surface area contributed by atoms with E-state index in [2.05, 4.69) is 20.2 Å². The highest BCUT2D eigenvalue weighted by atomic mass is 35.5. The van der Waals surface area contributed by atoms with E-state index >= 15 is 0 Å². The van der Waals surface area contributed by atoms with Crippen LogP contribution in [0.15, 0.2) is 18.3 Å². The summed E-state index contributed by atoms with van der Waals surface area (Å²) in [6, 6.07) is 3.67. The smallest absolute Gasteiger partial charge is 0.407 e. The van der Waals surface area contributed by atoms with Crippen molar-refractivity contribution in [2.75, 3.05) is 33.4 Å². The first-order valence-electron chi connectivity index (χ1n) is 10.5. The number of likely N-dealkylation sites (tertiary alicyclic amines) is 1. The first-order chi connectivity index (χ1) is 14.7. The van der Waals surface area contributed by atoms with Crippen LogP contribution in [0.4, 0.5) is 4.79 Å². The number of fused-ring (bicyclic) bond motifs is 1. The molecule has 1 atom stereocenters. The molecule has 1 saturated heterocycles. The second-order valence-electron chi connectivity index (χ2n) is 8.84. The Morgan fingerprint density at radius 2 is 2.06 bits per heavy atom. The second-order valence-corrected chi connectivity index (χ2v) is 9.25. The molecule has 0 aliphatic carbocycles. The summed E-state index contributed by atoms with van der Waals surface area (Å²) in [5.41, 5.74) is 1.62. The quantitative estimate of drug-likeness (QED) is 0.696. The van der Waals surface area contributed by atoms with Crippen molar-refractivity contribution in [2.24, 2.45) is 0 Å². The summed E-state index contributed by atoms with van der Waals surface area (Å²) in [5.74, 6) is 0.261. The van der Waals surface area contributed by atoms with Gasteiger partial charge in [-0.25, -0.2) is 9.78 Å². The molecule has 2 aromatic heterocycles. The predicted molar refractivity (Wildman–Crippen MR) is 120 cm³/mol. The van der Waals surface area contributed by atoms with E-state index in [0.29, 0.717) is 28.5 Å². The molecule has 1 unspecified atom stereocenters. The van der Waals surface area contributed by atoms with E-state index in [1.807, 2.05) is 26.8 Å². The largest absolute Gasteiger partial charge is 0.481 e. The standard InChI is InChI=1S/C22H31ClN4O4/c1-22(2,3)31-21(29)25-15-7-9-27(10-8-15)12-14(13-28)19-16(23)11-24-17-5-6-18(30-4)26-20(17)19/h5-6,11,14-15,28H,7-10,12-13H2,1-4H3,(H,25,29). The van der Waals surface area contributed by atoms with Gasteiger partial charge in [-0.3, -0.25) is 4.98 Å². The van der Waals surface area contributed by atoms with Gasteiger partial charge >= 0.3 is 6.09 Å². The number of halogens is 1. The number of rotatable bonds is 6. The third-order valence-electron chi connectivity index (χ3n) is 5.30. The normalized spacial score (nSPS) is 16.8. The number of piperidine rings is 1. The number of pyridine rings is 2. The SMILES string of the molecule is COc1ccc2ncc(Cl)c(C(CO)CN3CCC(NC(=O)OC(C)(C)C)CC3)c2n1. The number of nitrogens with zero attached hydrogens (tertiary/aromatic N) is 3. The zero-order chi connectivity index (χ0) is 22.6. The number of methoxy groups -OCH3 is 1. The predicted octanol–water partition coefficient (Wildman–Crippen LogP) is 3.36. The number of carbonyl (C=O) groups excluding carboxylic acids is 1. The number of hydrogen-bond donors (Lipinski definition) is 2. The molecule has 3 heterocycles. The molecule has 3 rings (SSSR count). The van der Waals surface area contributed by atoms with Crippen molar-refractivity contribution in [3.63, 3.8) is 0 Å². The van der Waals surface area contributed by atoms with E-state index in [4.69, 9.17) is 21.1 Å². The average molecular weight is 451 g/mol. The highest BCUT2D eigenvalue weighted by Crippen LogP contribution is 2.32. The minimum Gasteiger partial charge on any atom is -0.481 e. The molecule has 8 nitrogen and oxygen atoms in total. The van der Waals surface area contributed by atoms with E-state index in [1.54, 1.807) is 19.4 Å². The fraction of sp³-hybridized carbons (Fsp3) is 0.591. The van der Waals surface area contributed by atoms with Crippen LogP contribution >= 0.6 is 11.6 Å². The summed E-state index contributed by atoms with van der Waals surface area (Å²) in [6.07, 6.45) is 2.85. The fourth-order valence-corrected chi connectivity index (χ4v) is 4.13. The topological polar surface area (TPSA) is 96.8 Å². The van der Waals surface area contributed by atoms with Crippen molar-refractivity contribution in [3.8, 4) is 5.88 Å².